The van der Waals surface area contributed by atoms with E-state index in [1.807, 2.05) is 0 Å². The van der Waals surface area contributed by atoms with Crippen molar-refractivity contribution in [2.45, 2.75) is 30.1 Å². The van der Waals surface area contributed by atoms with Gasteiger partial charge >= 0.3 is 0 Å². The monoisotopic (exact) mass is 277 g/mol. The van der Waals surface area contributed by atoms with Crippen molar-refractivity contribution in [2.24, 2.45) is 0 Å². The number of aromatic nitrogens is 1. The summed E-state index contributed by atoms with van der Waals surface area (Å²) in [5.41, 5.74) is 5.92. The van der Waals surface area contributed by atoms with Crippen LogP contribution in [0.4, 0.5) is 5.13 Å². The van der Waals surface area contributed by atoms with Gasteiger partial charge in [-0.3, -0.25) is 0 Å². The van der Waals surface area contributed by atoms with Gasteiger partial charge in [-0.15, -0.1) is 0 Å². The molecule has 0 aromatic carbocycles. The largest absolute Gasteiger partial charge is 0.377 e. The van der Waals surface area contributed by atoms with Crippen LogP contribution in [0.3, 0.4) is 0 Å². The Balaban J connectivity index is 2.05. The van der Waals surface area contributed by atoms with E-state index in [-0.39, 0.29) is 15.4 Å². The molecule has 0 aliphatic carbocycles. The van der Waals surface area contributed by atoms with Crippen LogP contribution in [0.2, 0.25) is 0 Å². The number of sulfonamides is 1. The van der Waals surface area contributed by atoms with Gasteiger partial charge < -0.3 is 10.5 Å². The molecule has 96 valence electrons. The summed E-state index contributed by atoms with van der Waals surface area (Å²) in [6.45, 7) is 2.64. The third kappa shape index (κ3) is 2.95. The third-order valence-electron chi connectivity index (χ3n) is 2.54. The fourth-order valence-corrected chi connectivity index (χ4v) is 4.13. The number of nitrogen functional groups attached to an aromatic ring is 1. The topological polar surface area (TPSA) is 94.3 Å². The molecule has 1 aliphatic rings. The average Bonchev–Trinajstić information content (AvgIpc) is 2.85. The Hall–Kier alpha value is -0.700. The lowest BCUT2D eigenvalue weighted by Crippen LogP contribution is -2.31. The molecule has 2 heterocycles. The SMILES string of the molecule is Cc1nc(N)sc1S(=O)(=O)NCC1CCCO1. The molecular weight excluding hydrogens is 262 g/mol. The van der Waals surface area contributed by atoms with Crippen LogP contribution in [0.25, 0.3) is 0 Å². The molecule has 1 aromatic rings. The number of hydrogen-bond acceptors (Lipinski definition) is 6. The maximum Gasteiger partial charge on any atom is 0.252 e. The van der Waals surface area contributed by atoms with E-state index in [4.69, 9.17) is 10.5 Å². The molecule has 17 heavy (non-hydrogen) atoms. The molecule has 0 amide bonds. The number of rotatable bonds is 4. The summed E-state index contributed by atoms with van der Waals surface area (Å²) in [7, 11) is -3.51. The predicted octanol–water partition coefficient (Wildman–Crippen LogP) is 0.491. The maximum absolute atomic E-state index is 12.0. The van der Waals surface area contributed by atoms with E-state index in [1.54, 1.807) is 6.92 Å². The van der Waals surface area contributed by atoms with E-state index in [0.29, 0.717) is 18.8 Å². The molecule has 0 saturated carbocycles. The zero-order valence-electron chi connectivity index (χ0n) is 9.47. The highest BCUT2D eigenvalue weighted by Gasteiger charge is 2.23. The Morgan fingerprint density at radius 1 is 1.65 bits per heavy atom. The van der Waals surface area contributed by atoms with E-state index in [0.717, 1.165) is 24.2 Å². The van der Waals surface area contributed by atoms with Crippen molar-refractivity contribution >= 4 is 26.5 Å². The highest BCUT2D eigenvalue weighted by molar-refractivity contribution is 7.91. The fourth-order valence-electron chi connectivity index (χ4n) is 1.73. The van der Waals surface area contributed by atoms with Crippen LogP contribution >= 0.6 is 11.3 Å². The normalized spacial score (nSPS) is 20.9. The second kappa shape index (κ2) is 4.89. The van der Waals surface area contributed by atoms with Gasteiger partial charge in [0.2, 0.25) is 0 Å². The summed E-state index contributed by atoms with van der Waals surface area (Å²) in [5.74, 6) is 0. The number of aryl methyl sites for hydroxylation is 1. The van der Waals surface area contributed by atoms with Gasteiger partial charge in [-0.1, -0.05) is 11.3 Å². The van der Waals surface area contributed by atoms with E-state index in [2.05, 4.69) is 9.71 Å². The minimum atomic E-state index is -3.51. The smallest absolute Gasteiger partial charge is 0.252 e. The van der Waals surface area contributed by atoms with Gasteiger partial charge in [-0.25, -0.2) is 18.1 Å². The lowest BCUT2D eigenvalue weighted by Gasteiger charge is -2.10. The van der Waals surface area contributed by atoms with Gasteiger partial charge in [0.05, 0.1) is 11.8 Å². The number of hydrogen-bond donors (Lipinski definition) is 2. The van der Waals surface area contributed by atoms with Crippen LogP contribution in [0, 0.1) is 6.92 Å². The molecular formula is C9H15N3O3S2. The van der Waals surface area contributed by atoms with Crippen LogP contribution < -0.4 is 10.5 Å². The minimum absolute atomic E-state index is 0.0182. The zero-order valence-corrected chi connectivity index (χ0v) is 11.1. The van der Waals surface area contributed by atoms with Crippen molar-refractivity contribution in [3.63, 3.8) is 0 Å². The second-order valence-electron chi connectivity index (χ2n) is 3.91. The third-order valence-corrected chi connectivity index (χ3v) is 5.56. The quantitative estimate of drug-likeness (QED) is 0.835. The minimum Gasteiger partial charge on any atom is -0.377 e. The molecule has 0 radical (unpaired) electrons. The van der Waals surface area contributed by atoms with Crippen LogP contribution in [0.15, 0.2) is 4.21 Å². The first kappa shape index (κ1) is 12.7. The molecule has 6 nitrogen and oxygen atoms in total. The van der Waals surface area contributed by atoms with Gasteiger partial charge in [-0.05, 0) is 19.8 Å². The van der Waals surface area contributed by atoms with Crippen molar-refractivity contribution in [3.8, 4) is 0 Å². The average molecular weight is 277 g/mol. The highest BCUT2D eigenvalue weighted by atomic mass is 32.2. The molecule has 2 rings (SSSR count). The summed E-state index contributed by atoms with van der Waals surface area (Å²) in [5, 5.41) is 0.264. The van der Waals surface area contributed by atoms with Gasteiger partial charge in [0.25, 0.3) is 10.0 Å². The van der Waals surface area contributed by atoms with E-state index in [1.165, 1.54) is 0 Å². The van der Waals surface area contributed by atoms with Crippen LogP contribution in [-0.2, 0) is 14.8 Å². The number of nitrogens with zero attached hydrogens (tertiary/aromatic N) is 1. The number of nitrogens with two attached hydrogens (primary N) is 1. The van der Waals surface area contributed by atoms with Crippen molar-refractivity contribution in [1.82, 2.24) is 9.71 Å². The standard InChI is InChI=1S/C9H15N3O3S2/c1-6-8(16-9(10)12-6)17(13,14)11-5-7-3-2-4-15-7/h7,11H,2-5H2,1H3,(H2,10,12). The second-order valence-corrected chi connectivity index (χ2v) is 6.90. The molecule has 3 N–H and O–H groups in total. The first-order valence-corrected chi connectivity index (χ1v) is 7.63. The highest BCUT2D eigenvalue weighted by Crippen LogP contribution is 2.24. The Kier molecular flexibility index (Phi) is 3.67. The molecule has 1 fully saturated rings. The first-order valence-electron chi connectivity index (χ1n) is 5.33. The summed E-state index contributed by atoms with van der Waals surface area (Å²) >= 11 is 0.979. The molecule has 1 saturated heterocycles. The number of nitrogens with one attached hydrogen (secondary N) is 1. The summed E-state index contributed by atoms with van der Waals surface area (Å²) < 4.78 is 32.0. The summed E-state index contributed by atoms with van der Waals surface area (Å²) in [6.07, 6.45) is 1.86. The Morgan fingerprint density at radius 2 is 2.41 bits per heavy atom. The molecule has 1 unspecified atom stereocenters. The van der Waals surface area contributed by atoms with Gasteiger partial charge in [-0.2, -0.15) is 0 Å². The Labute approximate surface area is 104 Å². The van der Waals surface area contributed by atoms with Crippen molar-refractivity contribution < 1.29 is 13.2 Å². The van der Waals surface area contributed by atoms with E-state index >= 15 is 0 Å². The molecule has 1 aliphatic heterocycles. The lowest BCUT2D eigenvalue weighted by molar-refractivity contribution is 0.114. The van der Waals surface area contributed by atoms with Gasteiger partial charge in [0.15, 0.2) is 9.34 Å². The Morgan fingerprint density at radius 3 is 2.94 bits per heavy atom. The molecule has 0 bridgehead atoms. The van der Waals surface area contributed by atoms with Gasteiger partial charge in [0, 0.05) is 13.2 Å². The summed E-state index contributed by atoms with van der Waals surface area (Å²) in [4.78, 5) is 3.90. The lowest BCUT2D eigenvalue weighted by atomic mass is 10.2. The zero-order chi connectivity index (χ0) is 12.5. The molecule has 8 heteroatoms. The summed E-state index contributed by atoms with van der Waals surface area (Å²) in [6, 6.07) is 0. The van der Waals surface area contributed by atoms with Crippen LogP contribution in [-0.4, -0.2) is 32.7 Å². The molecule has 1 aromatic heterocycles. The van der Waals surface area contributed by atoms with E-state index in [9.17, 15) is 8.42 Å². The van der Waals surface area contributed by atoms with Crippen molar-refractivity contribution in [1.29, 1.82) is 0 Å². The fraction of sp³-hybridized carbons (Fsp3) is 0.667. The van der Waals surface area contributed by atoms with Crippen molar-refractivity contribution in [3.05, 3.63) is 5.69 Å². The molecule has 1 atom stereocenters. The number of thiazole rings is 1. The number of anilines is 1. The Bertz CT molecular complexity index is 492. The first-order chi connectivity index (χ1) is 7.99. The van der Waals surface area contributed by atoms with Crippen LogP contribution in [0.1, 0.15) is 18.5 Å². The maximum atomic E-state index is 12.0. The number of ether oxygens (including phenoxy) is 1. The van der Waals surface area contributed by atoms with Crippen molar-refractivity contribution in [2.75, 3.05) is 18.9 Å². The van der Waals surface area contributed by atoms with E-state index < -0.39 is 10.0 Å². The van der Waals surface area contributed by atoms with Crippen LogP contribution in [0.5, 0.6) is 0 Å². The van der Waals surface area contributed by atoms with Gasteiger partial charge in [0.1, 0.15) is 0 Å². The molecule has 0 spiro atoms. The predicted molar refractivity (Wildman–Crippen MR) is 65.4 cm³/mol.